The van der Waals surface area contributed by atoms with Gasteiger partial charge in [-0.25, -0.2) is 4.79 Å². The Morgan fingerprint density at radius 2 is 1.78 bits per heavy atom. The van der Waals surface area contributed by atoms with Gasteiger partial charge in [-0.3, -0.25) is 9.78 Å². The van der Waals surface area contributed by atoms with Crippen LogP contribution in [0.25, 0.3) is 0 Å². The molecule has 1 heterocycles. The Bertz CT molecular complexity index is 431. The summed E-state index contributed by atoms with van der Waals surface area (Å²) in [5, 5.41) is 15.5. The van der Waals surface area contributed by atoms with Crippen molar-refractivity contribution in [1.82, 2.24) is 4.98 Å². The molecule has 0 aliphatic heterocycles. The Hall–Kier alpha value is -2.12. The van der Waals surface area contributed by atoms with Gasteiger partial charge in [-0.1, -0.05) is 6.07 Å². The molecule has 5 nitrogen and oxygen atoms in total. The molecule has 1 rings (SSSR count). The number of hydrogen-bond donors (Lipinski definition) is 2. The van der Waals surface area contributed by atoms with Crippen molar-refractivity contribution < 1.29 is 33.0 Å². The molecule has 1 aromatic rings. The van der Waals surface area contributed by atoms with Crippen molar-refractivity contribution in [2.45, 2.75) is 19.5 Å². The van der Waals surface area contributed by atoms with Crippen LogP contribution in [0.1, 0.15) is 11.4 Å². The van der Waals surface area contributed by atoms with Gasteiger partial charge >= 0.3 is 18.1 Å². The maximum atomic E-state index is 10.6. The lowest BCUT2D eigenvalue weighted by Gasteiger charge is -1.96. The zero-order valence-electron chi connectivity index (χ0n) is 9.23. The first-order valence-corrected chi connectivity index (χ1v) is 4.57. The van der Waals surface area contributed by atoms with E-state index in [0.29, 0.717) is 5.69 Å². The number of aromatic nitrogens is 1. The minimum Gasteiger partial charge on any atom is -0.481 e. The molecule has 0 radical (unpaired) electrons. The van der Waals surface area contributed by atoms with Crippen LogP contribution in [0.4, 0.5) is 13.2 Å². The number of alkyl halides is 3. The van der Waals surface area contributed by atoms with Crippen molar-refractivity contribution >= 4 is 11.9 Å². The van der Waals surface area contributed by atoms with Crippen LogP contribution in [-0.2, 0) is 16.0 Å². The van der Waals surface area contributed by atoms with Gasteiger partial charge in [-0.2, -0.15) is 13.2 Å². The summed E-state index contributed by atoms with van der Waals surface area (Å²) < 4.78 is 31.7. The third kappa shape index (κ3) is 7.20. The molecule has 0 saturated carbocycles. The van der Waals surface area contributed by atoms with E-state index < -0.39 is 18.1 Å². The molecule has 18 heavy (non-hydrogen) atoms. The van der Waals surface area contributed by atoms with Crippen molar-refractivity contribution in [2.24, 2.45) is 0 Å². The third-order valence-corrected chi connectivity index (χ3v) is 1.52. The smallest absolute Gasteiger partial charge is 0.481 e. The van der Waals surface area contributed by atoms with E-state index in [9.17, 15) is 18.0 Å². The molecular weight excluding hydrogens is 255 g/mol. The second-order valence-corrected chi connectivity index (χ2v) is 3.14. The lowest BCUT2D eigenvalue weighted by atomic mass is 10.2. The first-order chi connectivity index (χ1) is 8.12. The first kappa shape index (κ1) is 15.9. The van der Waals surface area contributed by atoms with Crippen LogP contribution in [-0.4, -0.2) is 33.3 Å². The predicted octanol–water partition coefficient (Wildman–Crippen LogP) is 1.65. The fourth-order valence-corrected chi connectivity index (χ4v) is 0.853. The maximum absolute atomic E-state index is 10.6. The normalized spacial score (nSPS) is 10.2. The van der Waals surface area contributed by atoms with E-state index in [2.05, 4.69) is 4.98 Å². The minimum atomic E-state index is -5.08. The molecule has 0 aliphatic carbocycles. The van der Waals surface area contributed by atoms with Crippen molar-refractivity contribution in [3.63, 3.8) is 0 Å². The fourth-order valence-electron chi connectivity index (χ4n) is 0.853. The number of nitrogens with zero attached hydrogens (tertiary/aromatic N) is 1. The summed E-state index contributed by atoms with van der Waals surface area (Å²) in [6.45, 7) is 1.84. The first-order valence-electron chi connectivity index (χ1n) is 4.57. The standard InChI is InChI=1S/C8H9NO2.C2HF3O2/c1-6-3-2-4-7(9-6)5-8(10)11;3-2(4,5)1(6)7/h2-4H,5H2,1H3,(H,10,11);(H,6,7). The van der Waals surface area contributed by atoms with Crippen LogP contribution in [0.2, 0.25) is 0 Å². The fraction of sp³-hybridized carbons (Fsp3) is 0.300. The number of carboxylic acid groups (broad SMARTS) is 2. The highest BCUT2D eigenvalue weighted by atomic mass is 19.4. The average molecular weight is 265 g/mol. The summed E-state index contributed by atoms with van der Waals surface area (Å²) in [6.07, 6.45) is -5.08. The summed E-state index contributed by atoms with van der Waals surface area (Å²) >= 11 is 0. The van der Waals surface area contributed by atoms with Gasteiger partial charge in [0.2, 0.25) is 0 Å². The highest BCUT2D eigenvalue weighted by Crippen LogP contribution is 2.13. The number of carbonyl (C=O) groups is 2. The number of hydrogen-bond acceptors (Lipinski definition) is 3. The summed E-state index contributed by atoms with van der Waals surface area (Å²) in [7, 11) is 0. The van der Waals surface area contributed by atoms with Gasteiger partial charge in [0.25, 0.3) is 0 Å². The van der Waals surface area contributed by atoms with Crippen LogP contribution < -0.4 is 0 Å². The van der Waals surface area contributed by atoms with Crippen LogP contribution in [0.3, 0.4) is 0 Å². The Kier molecular flexibility index (Phi) is 5.80. The van der Waals surface area contributed by atoms with Gasteiger partial charge in [0.05, 0.1) is 12.1 Å². The van der Waals surface area contributed by atoms with Gasteiger partial charge in [-0.15, -0.1) is 0 Å². The van der Waals surface area contributed by atoms with E-state index in [1.54, 1.807) is 12.1 Å². The van der Waals surface area contributed by atoms with Gasteiger partial charge in [-0.05, 0) is 19.1 Å². The largest absolute Gasteiger partial charge is 0.490 e. The van der Waals surface area contributed by atoms with E-state index in [1.165, 1.54) is 0 Å². The molecule has 8 heteroatoms. The average Bonchev–Trinajstić information content (AvgIpc) is 2.15. The van der Waals surface area contributed by atoms with Gasteiger partial charge in [0.1, 0.15) is 0 Å². The van der Waals surface area contributed by atoms with Crippen LogP contribution in [0.5, 0.6) is 0 Å². The van der Waals surface area contributed by atoms with Crippen LogP contribution in [0, 0.1) is 6.92 Å². The van der Waals surface area contributed by atoms with E-state index in [0.717, 1.165) is 5.69 Å². The molecule has 100 valence electrons. The van der Waals surface area contributed by atoms with Crippen molar-refractivity contribution in [2.75, 3.05) is 0 Å². The van der Waals surface area contributed by atoms with E-state index in [1.807, 2.05) is 13.0 Å². The highest BCUT2D eigenvalue weighted by Gasteiger charge is 2.38. The van der Waals surface area contributed by atoms with E-state index in [4.69, 9.17) is 15.0 Å². The zero-order chi connectivity index (χ0) is 14.3. The molecule has 1 aromatic heterocycles. The molecule has 0 fully saturated rings. The topological polar surface area (TPSA) is 87.5 Å². The predicted molar refractivity (Wildman–Crippen MR) is 54.0 cm³/mol. The molecular formula is C10H10F3NO4. The maximum Gasteiger partial charge on any atom is 0.490 e. The third-order valence-electron chi connectivity index (χ3n) is 1.52. The molecule has 0 aliphatic rings. The van der Waals surface area contributed by atoms with E-state index in [-0.39, 0.29) is 6.42 Å². The second-order valence-electron chi connectivity index (χ2n) is 3.14. The SMILES string of the molecule is Cc1cccc(CC(=O)O)n1.O=C(O)C(F)(F)F. The quantitative estimate of drug-likeness (QED) is 0.848. The lowest BCUT2D eigenvalue weighted by Crippen LogP contribution is -2.21. The number of carboxylic acids is 2. The van der Waals surface area contributed by atoms with Gasteiger partial charge in [0, 0.05) is 5.69 Å². The second kappa shape index (κ2) is 6.58. The number of halogens is 3. The zero-order valence-corrected chi connectivity index (χ0v) is 9.23. The Labute approximate surface area is 99.9 Å². The van der Waals surface area contributed by atoms with Crippen molar-refractivity contribution in [3.05, 3.63) is 29.6 Å². The number of aliphatic carboxylic acids is 2. The Balaban J connectivity index is 0.000000360. The number of rotatable bonds is 2. The highest BCUT2D eigenvalue weighted by molar-refractivity contribution is 5.73. The molecule has 0 bridgehead atoms. The van der Waals surface area contributed by atoms with Gasteiger partial charge in [0.15, 0.2) is 0 Å². The minimum absolute atomic E-state index is 0.00167. The summed E-state index contributed by atoms with van der Waals surface area (Å²) in [5.41, 5.74) is 1.46. The molecule has 0 atom stereocenters. The van der Waals surface area contributed by atoms with Crippen LogP contribution in [0.15, 0.2) is 18.2 Å². The summed E-state index contributed by atoms with van der Waals surface area (Å²) in [6, 6.07) is 5.35. The van der Waals surface area contributed by atoms with Crippen molar-refractivity contribution in [3.8, 4) is 0 Å². The Morgan fingerprint density at radius 1 is 1.28 bits per heavy atom. The molecule has 0 amide bonds. The Morgan fingerprint density at radius 3 is 2.11 bits per heavy atom. The van der Waals surface area contributed by atoms with Gasteiger partial charge < -0.3 is 10.2 Å². The number of pyridine rings is 1. The molecule has 2 N–H and O–H groups in total. The monoisotopic (exact) mass is 265 g/mol. The molecule has 0 aromatic carbocycles. The molecule has 0 saturated heterocycles. The summed E-state index contributed by atoms with van der Waals surface area (Å²) in [5.74, 6) is -3.60. The van der Waals surface area contributed by atoms with E-state index >= 15 is 0 Å². The number of aryl methyl sites for hydroxylation is 1. The summed E-state index contributed by atoms with van der Waals surface area (Å²) in [4.78, 5) is 23.2. The lowest BCUT2D eigenvalue weighted by molar-refractivity contribution is -0.192. The molecule has 0 unspecified atom stereocenters. The van der Waals surface area contributed by atoms with Crippen molar-refractivity contribution in [1.29, 1.82) is 0 Å². The molecule has 0 spiro atoms. The van der Waals surface area contributed by atoms with Crippen LogP contribution >= 0.6 is 0 Å².